The fourth-order valence-corrected chi connectivity index (χ4v) is 13.8. The molecular formula is C44H49N5O10S. The van der Waals surface area contributed by atoms with Gasteiger partial charge in [-0.3, -0.25) is 19.9 Å². The zero-order valence-corrected chi connectivity index (χ0v) is 35.4. The van der Waals surface area contributed by atoms with Gasteiger partial charge in [-0.1, -0.05) is 0 Å². The molecule has 6 aliphatic heterocycles. The highest BCUT2D eigenvalue weighted by Crippen LogP contribution is 2.73. The molecule has 3 saturated heterocycles. The monoisotopic (exact) mass is 839 g/mol. The molecule has 3 aromatic carbocycles. The van der Waals surface area contributed by atoms with Crippen molar-refractivity contribution in [2.24, 2.45) is 5.73 Å². The number of hydrogen-bond donors (Lipinski definition) is 5. The number of carbonyl (C=O) groups excluding carboxylic acids is 2. The Morgan fingerprint density at radius 2 is 1.88 bits per heavy atom. The number of phenolic OH excluding ortho intramolecular Hbond substituents is 1. The van der Waals surface area contributed by atoms with Gasteiger partial charge in [0, 0.05) is 95.4 Å². The first-order chi connectivity index (χ1) is 28.7. The van der Waals surface area contributed by atoms with E-state index in [0.29, 0.717) is 64.8 Å². The van der Waals surface area contributed by atoms with Crippen molar-refractivity contribution >= 4 is 34.6 Å². The van der Waals surface area contributed by atoms with Crippen LogP contribution in [0.3, 0.4) is 0 Å². The van der Waals surface area contributed by atoms with Gasteiger partial charge in [0.2, 0.25) is 6.79 Å². The third-order valence-corrected chi connectivity index (χ3v) is 15.9. The lowest BCUT2D eigenvalue weighted by molar-refractivity contribution is -0.219. The van der Waals surface area contributed by atoms with Crippen LogP contribution in [0.25, 0.3) is 10.9 Å². The van der Waals surface area contributed by atoms with E-state index in [4.69, 9.17) is 34.2 Å². The average Bonchev–Trinajstić information content (AvgIpc) is 4.00. The Kier molecular flexibility index (Phi) is 8.08. The van der Waals surface area contributed by atoms with Crippen molar-refractivity contribution < 1.29 is 48.2 Å². The Morgan fingerprint density at radius 1 is 1.10 bits per heavy atom. The molecule has 7 heterocycles. The number of aliphatic hydroxyl groups is 1. The number of nitrogens with zero attached hydrogens (tertiary/aromatic N) is 2. The minimum Gasteiger partial charge on any atom is -0.504 e. The van der Waals surface area contributed by atoms with E-state index < -0.39 is 58.2 Å². The zero-order chi connectivity index (χ0) is 41.9. The van der Waals surface area contributed by atoms with Crippen molar-refractivity contribution in [3.05, 3.63) is 68.9 Å². The molecule has 7 aliphatic rings. The molecular weight excluding hydrogens is 791 g/mol. The summed E-state index contributed by atoms with van der Waals surface area (Å²) in [5.74, 6) is 1.26. The van der Waals surface area contributed by atoms with E-state index in [9.17, 15) is 15.0 Å². The fourth-order valence-electron chi connectivity index (χ4n) is 12.6. The van der Waals surface area contributed by atoms with Gasteiger partial charge in [0.05, 0.1) is 25.5 Å². The van der Waals surface area contributed by atoms with Crippen LogP contribution < -0.4 is 34.7 Å². The number of benzene rings is 3. The number of piperazine rings is 1. The van der Waals surface area contributed by atoms with Crippen molar-refractivity contribution in [1.82, 2.24) is 20.1 Å². The highest BCUT2D eigenvalue weighted by atomic mass is 32.2. The maximum atomic E-state index is 15.5. The summed E-state index contributed by atoms with van der Waals surface area (Å²) in [6, 6.07) is 5.11. The molecule has 3 fully saturated rings. The van der Waals surface area contributed by atoms with Crippen molar-refractivity contribution in [2.45, 2.75) is 99.3 Å². The molecule has 6 N–H and O–H groups in total. The summed E-state index contributed by atoms with van der Waals surface area (Å²) in [6.45, 7) is 7.75. The molecule has 11 rings (SSSR count). The van der Waals surface area contributed by atoms with Gasteiger partial charge in [0.1, 0.15) is 23.3 Å². The zero-order valence-electron chi connectivity index (χ0n) is 34.6. The van der Waals surface area contributed by atoms with Gasteiger partial charge in [-0.15, -0.1) is 0 Å². The summed E-state index contributed by atoms with van der Waals surface area (Å²) in [7, 11) is 3.18. The SMILES string of the molecule is COc1ccc2[nH]c3c(c2c1)C[C@@H](CN)N[C@H]3C(=O)OC12C[C@@H](c3c4c(c(C)c(OC(C)=O)c31)OCO4)N1[C@H]([C@H]3c4c(cc(C)c(OC)c4O)C4(C)C[C@@]1(O)CN34)[C@@H]2SC. The van der Waals surface area contributed by atoms with E-state index in [1.807, 2.05) is 38.3 Å². The number of nitrogens with two attached hydrogens (primary N) is 1. The number of esters is 2. The number of phenols is 1. The Labute approximate surface area is 350 Å². The van der Waals surface area contributed by atoms with E-state index >= 15 is 4.79 Å². The summed E-state index contributed by atoms with van der Waals surface area (Å²) >= 11 is 1.52. The van der Waals surface area contributed by atoms with E-state index in [0.717, 1.165) is 33.2 Å². The number of piperidine rings is 1. The molecule has 316 valence electrons. The molecule has 2 unspecified atom stereocenters. The molecule has 0 amide bonds. The number of rotatable bonds is 7. The molecule has 16 heteroatoms. The number of thioether (sulfide) groups is 1. The molecule has 60 heavy (non-hydrogen) atoms. The van der Waals surface area contributed by atoms with E-state index in [2.05, 4.69) is 33.1 Å². The Hall–Kier alpha value is -4.71. The number of nitrogens with one attached hydrogen (secondary N) is 2. The minimum atomic E-state index is -1.45. The van der Waals surface area contributed by atoms with Crippen molar-refractivity contribution in [2.75, 3.05) is 40.4 Å². The van der Waals surface area contributed by atoms with Gasteiger partial charge >= 0.3 is 11.9 Å². The topological polar surface area (TPSA) is 190 Å². The maximum absolute atomic E-state index is 15.5. The highest BCUT2D eigenvalue weighted by molar-refractivity contribution is 7.99. The van der Waals surface area contributed by atoms with Gasteiger partial charge in [-0.2, -0.15) is 11.8 Å². The number of aromatic hydroxyl groups is 1. The molecule has 15 nitrogen and oxygen atoms in total. The van der Waals surface area contributed by atoms with Crippen LogP contribution in [0.4, 0.5) is 0 Å². The number of hydrogen-bond acceptors (Lipinski definition) is 15. The first kappa shape index (κ1) is 38.2. The van der Waals surface area contributed by atoms with Gasteiger partial charge in [-0.05, 0) is 74.4 Å². The third kappa shape index (κ3) is 4.64. The average molecular weight is 840 g/mol. The minimum absolute atomic E-state index is 0.0550. The lowest BCUT2D eigenvalue weighted by Crippen LogP contribution is -2.70. The van der Waals surface area contributed by atoms with Crippen LogP contribution in [0.1, 0.15) is 89.5 Å². The Balaban J connectivity index is 1.15. The second kappa shape index (κ2) is 12.7. The standard InChI is InChI=1S/C44H49N5O10S/c1-18-10-25-28(35(51)36(18)55-6)33-34-40(60-7)44(59-41(52)32-31-24(11-21(14-45)46-32)23-12-22(54-5)8-9-26(23)47-31)13-27(49(34)43(53)15-42(25,4)48(33)16-43)29-30(44)37(58-20(3)50)19(2)38-39(29)57-17-56-38/h8-10,12,21,27,32-34,40,46-47,51,53H,11,13-17,45H2,1-7H3/t21-,27-,32+,33+,34+,40-,42?,43+,44?/m0/s1. The van der Waals surface area contributed by atoms with Crippen molar-refractivity contribution in [3.8, 4) is 34.5 Å². The first-order valence-corrected chi connectivity index (χ1v) is 21.8. The number of aromatic nitrogens is 1. The molecule has 4 aromatic rings. The van der Waals surface area contributed by atoms with Crippen LogP contribution in [0.2, 0.25) is 0 Å². The largest absolute Gasteiger partial charge is 0.504 e. The van der Waals surface area contributed by atoms with E-state index in [-0.39, 0.29) is 37.3 Å². The summed E-state index contributed by atoms with van der Waals surface area (Å²) < 4.78 is 37.2. The second-order valence-electron chi connectivity index (χ2n) is 17.7. The summed E-state index contributed by atoms with van der Waals surface area (Å²) in [5, 5.41) is 29.2. The lowest BCUT2D eigenvalue weighted by Gasteiger charge is -2.59. The molecule has 0 saturated carbocycles. The number of H-pyrrole nitrogens is 1. The van der Waals surface area contributed by atoms with E-state index in [1.165, 1.54) is 18.7 Å². The smallest absolute Gasteiger partial charge is 0.330 e. The molecule has 0 spiro atoms. The predicted octanol–water partition coefficient (Wildman–Crippen LogP) is 4.35. The van der Waals surface area contributed by atoms with Gasteiger partial charge < -0.3 is 49.4 Å². The molecule has 1 aliphatic carbocycles. The lowest BCUT2D eigenvalue weighted by atomic mass is 9.75. The molecule has 1 aromatic heterocycles. The normalized spacial score (nSPS) is 32.7. The fraction of sp³-hybridized carbons (Fsp3) is 0.500. The van der Waals surface area contributed by atoms with Crippen molar-refractivity contribution in [1.29, 1.82) is 0 Å². The predicted molar refractivity (Wildman–Crippen MR) is 220 cm³/mol. The molecule has 9 atom stereocenters. The number of aromatic amines is 1. The number of carbonyl (C=O) groups is 2. The van der Waals surface area contributed by atoms with Crippen LogP contribution in [-0.4, -0.2) is 100 Å². The van der Waals surface area contributed by atoms with Crippen LogP contribution >= 0.6 is 11.8 Å². The maximum Gasteiger partial charge on any atom is 0.330 e. The highest BCUT2D eigenvalue weighted by Gasteiger charge is 2.76. The summed E-state index contributed by atoms with van der Waals surface area (Å²) in [5.41, 5.74) is 9.61. The summed E-state index contributed by atoms with van der Waals surface area (Å²) in [4.78, 5) is 36.6. The second-order valence-corrected chi connectivity index (χ2v) is 18.7. The molecule has 0 radical (unpaired) electrons. The van der Waals surface area contributed by atoms with Crippen LogP contribution in [0.15, 0.2) is 24.3 Å². The first-order valence-electron chi connectivity index (χ1n) is 20.5. The number of fused-ring (bicyclic) bond motifs is 18. The van der Waals surface area contributed by atoms with Gasteiger partial charge in [0.15, 0.2) is 28.6 Å². The van der Waals surface area contributed by atoms with Gasteiger partial charge in [-0.25, -0.2) is 4.79 Å². The summed E-state index contributed by atoms with van der Waals surface area (Å²) in [6.07, 6.45) is 3.15. The van der Waals surface area contributed by atoms with Crippen molar-refractivity contribution in [3.63, 3.8) is 0 Å². The third-order valence-electron chi connectivity index (χ3n) is 14.7. The Morgan fingerprint density at radius 3 is 2.60 bits per heavy atom. The number of aryl methyl sites for hydroxylation is 1. The Bertz CT molecular complexity index is 2580. The number of ether oxygens (including phenoxy) is 6. The van der Waals surface area contributed by atoms with Crippen LogP contribution in [0, 0.1) is 13.8 Å². The van der Waals surface area contributed by atoms with Crippen LogP contribution in [0.5, 0.6) is 34.5 Å². The van der Waals surface area contributed by atoms with E-state index in [1.54, 1.807) is 14.2 Å². The molecule has 4 bridgehead atoms. The van der Waals surface area contributed by atoms with Gasteiger partial charge in [0.25, 0.3) is 0 Å². The quantitative estimate of drug-likeness (QED) is 0.130. The van der Waals surface area contributed by atoms with Crippen LogP contribution in [-0.2, 0) is 31.9 Å². The number of methoxy groups -OCH3 is 2.